The molecule has 2 heterocycles. The minimum Gasteiger partial charge on any atom is -0.497 e. The van der Waals surface area contributed by atoms with Gasteiger partial charge in [0.05, 0.1) is 12.5 Å². The number of carbonyl (C=O) groups excluding carboxylic acids is 1. The minimum absolute atomic E-state index is 0. The number of rotatable bonds is 2. The molecule has 3 rings (SSSR count). The predicted molar refractivity (Wildman–Crippen MR) is 86.4 cm³/mol. The summed E-state index contributed by atoms with van der Waals surface area (Å²) in [5, 5.41) is 3.36. The van der Waals surface area contributed by atoms with Crippen molar-refractivity contribution in [2.24, 2.45) is 5.41 Å². The van der Waals surface area contributed by atoms with E-state index in [1.165, 1.54) is 0 Å². The Balaban J connectivity index is 0.00000161. The number of nitrogens with zero attached hydrogens (tertiary/aromatic N) is 1. The lowest BCUT2D eigenvalue weighted by Gasteiger charge is -2.44. The molecule has 2 saturated heterocycles. The van der Waals surface area contributed by atoms with E-state index in [-0.39, 0.29) is 17.8 Å². The number of hydrogen-bond donors (Lipinski definition) is 1. The van der Waals surface area contributed by atoms with Gasteiger partial charge in [-0.3, -0.25) is 4.79 Å². The van der Waals surface area contributed by atoms with Gasteiger partial charge in [0.25, 0.3) is 0 Å². The smallest absolute Gasteiger partial charge is 0.233 e. The van der Waals surface area contributed by atoms with Crippen LogP contribution < -0.4 is 15.0 Å². The fourth-order valence-corrected chi connectivity index (χ4v) is 3.46. The number of benzene rings is 1. The van der Waals surface area contributed by atoms with E-state index in [2.05, 4.69) is 5.32 Å². The van der Waals surface area contributed by atoms with E-state index in [0.29, 0.717) is 5.91 Å². The summed E-state index contributed by atoms with van der Waals surface area (Å²) in [5.41, 5.74) is 0.832. The molecule has 0 radical (unpaired) electrons. The van der Waals surface area contributed by atoms with Crippen LogP contribution in [0.15, 0.2) is 24.3 Å². The number of hydrogen-bond acceptors (Lipinski definition) is 3. The first kappa shape index (κ1) is 16.1. The van der Waals surface area contributed by atoms with Gasteiger partial charge in [0.2, 0.25) is 5.91 Å². The number of halogens is 1. The highest BCUT2D eigenvalue weighted by Crippen LogP contribution is 2.41. The highest BCUT2D eigenvalue weighted by atomic mass is 35.5. The van der Waals surface area contributed by atoms with Crippen LogP contribution >= 0.6 is 12.4 Å². The van der Waals surface area contributed by atoms with Gasteiger partial charge in [-0.1, -0.05) is 6.07 Å². The van der Waals surface area contributed by atoms with Crippen molar-refractivity contribution < 1.29 is 9.53 Å². The molecule has 2 fully saturated rings. The van der Waals surface area contributed by atoms with Crippen molar-refractivity contribution in [1.29, 1.82) is 0 Å². The number of methoxy groups -OCH3 is 1. The van der Waals surface area contributed by atoms with E-state index in [0.717, 1.165) is 56.8 Å². The van der Waals surface area contributed by atoms with Crippen molar-refractivity contribution in [3.8, 4) is 5.75 Å². The molecule has 21 heavy (non-hydrogen) atoms. The molecule has 1 N–H and O–H groups in total. The summed E-state index contributed by atoms with van der Waals surface area (Å²) in [7, 11) is 1.66. The lowest BCUT2D eigenvalue weighted by atomic mass is 9.72. The Kier molecular flexibility index (Phi) is 5.12. The van der Waals surface area contributed by atoms with Crippen molar-refractivity contribution in [2.45, 2.75) is 25.7 Å². The summed E-state index contributed by atoms with van der Waals surface area (Å²) in [4.78, 5) is 14.9. The first-order valence-corrected chi connectivity index (χ1v) is 7.42. The molecular weight excluding hydrogens is 288 g/mol. The molecule has 0 aromatic heterocycles. The van der Waals surface area contributed by atoms with E-state index < -0.39 is 0 Å². The Bertz CT molecular complexity index is 495. The van der Waals surface area contributed by atoms with Crippen molar-refractivity contribution in [2.75, 3.05) is 31.6 Å². The normalized spacial score (nSPS) is 21.0. The number of ether oxygens (including phenoxy) is 1. The molecular formula is C16H23ClN2O2. The first-order chi connectivity index (χ1) is 9.75. The molecule has 1 aromatic rings. The second kappa shape index (κ2) is 6.67. The van der Waals surface area contributed by atoms with E-state index in [1.54, 1.807) is 7.11 Å². The SMILES string of the molecule is COc1cccc(N2CCCC3(CCNCC3)C2=O)c1.Cl. The van der Waals surface area contributed by atoms with Crippen molar-refractivity contribution in [3.05, 3.63) is 24.3 Å². The third kappa shape index (κ3) is 3.01. The van der Waals surface area contributed by atoms with E-state index >= 15 is 0 Å². The van der Waals surface area contributed by atoms with Gasteiger partial charge in [-0.25, -0.2) is 0 Å². The van der Waals surface area contributed by atoms with Crippen LogP contribution in [0.1, 0.15) is 25.7 Å². The highest BCUT2D eigenvalue weighted by Gasteiger charge is 2.44. The minimum atomic E-state index is -0.132. The molecule has 0 aliphatic carbocycles. The Morgan fingerprint density at radius 2 is 2.00 bits per heavy atom. The molecule has 2 aliphatic heterocycles. The first-order valence-electron chi connectivity index (χ1n) is 7.42. The average molecular weight is 311 g/mol. The quantitative estimate of drug-likeness (QED) is 0.913. The van der Waals surface area contributed by atoms with Gasteiger partial charge in [-0.05, 0) is 50.9 Å². The van der Waals surface area contributed by atoms with Crippen LogP contribution in [0.4, 0.5) is 5.69 Å². The van der Waals surface area contributed by atoms with Crippen molar-refractivity contribution >= 4 is 24.0 Å². The molecule has 116 valence electrons. The van der Waals surface area contributed by atoms with Crippen LogP contribution in [0.25, 0.3) is 0 Å². The van der Waals surface area contributed by atoms with Crippen LogP contribution in [-0.4, -0.2) is 32.7 Å². The van der Waals surface area contributed by atoms with Gasteiger partial charge in [0.15, 0.2) is 0 Å². The largest absolute Gasteiger partial charge is 0.497 e. The van der Waals surface area contributed by atoms with Crippen LogP contribution in [0.3, 0.4) is 0 Å². The summed E-state index contributed by atoms with van der Waals surface area (Å²) in [6.07, 6.45) is 4.05. The average Bonchev–Trinajstić information content (AvgIpc) is 2.51. The molecule has 0 saturated carbocycles. The number of nitrogens with one attached hydrogen (secondary N) is 1. The molecule has 4 nitrogen and oxygen atoms in total. The second-order valence-electron chi connectivity index (χ2n) is 5.79. The predicted octanol–water partition coefficient (Wildman–Crippen LogP) is 2.61. The number of carbonyl (C=O) groups is 1. The molecule has 1 aromatic carbocycles. The zero-order valence-corrected chi connectivity index (χ0v) is 13.2. The van der Waals surface area contributed by atoms with Gasteiger partial charge in [0.1, 0.15) is 5.75 Å². The van der Waals surface area contributed by atoms with Crippen LogP contribution in [0.5, 0.6) is 5.75 Å². The molecule has 0 atom stereocenters. The van der Waals surface area contributed by atoms with E-state index in [1.807, 2.05) is 29.2 Å². The van der Waals surface area contributed by atoms with E-state index in [9.17, 15) is 4.79 Å². The van der Waals surface area contributed by atoms with Gasteiger partial charge < -0.3 is 15.0 Å². The molecule has 1 spiro atoms. The van der Waals surface area contributed by atoms with Gasteiger partial charge in [-0.2, -0.15) is 0 Å². The standard InChI is InChI=1S/C16H22N2O2.ClH/c1-20-14-5-2-4-13(12-14)18-11-3-6-16(15(18)19)7-9-17-10-8-16;/h2,4-5,12,17H,3,6-11H2,1H3;1H. The van der Waals surface area contributed by atoms with Crippen LogP contribution in [0.2, 0.25) is 0 Å². The summed E-state index contributed by atoms with van der Waals surface area (Å²) in [6, 6.07) is 7.82. The fourth-order valence-electron chi connectivity index (χ4n) is 3.46. The fraction of sp³-hybridized carbons (Fsp3) is 0.562. The summed E-state index contributed by atoms with van der Waals surface area (Å²) >= 11 is 0. The summed E-state index contributed by atoms with van der Waals surface area (Å²) < 4.78 is 5.27. The molecule has 1 amide bonds. The lowest BCUT2D eigenvalue weighted by molar-refractivity contribution is -0.132. The molecule has 2 aliphatic rings. The second-order valence-corrected chi connectivity index (χ2v) is 5.79. The van der Waals surface area contributed by atoms with Gasteiger partial charge in [0, 0.05) is 18.3 Å². The molecule has 0 bridgehead atoms. The monoisotopic (exact) mass is 310 g/mol. The maximum Gasteiger partial charge on any atom is 0.233 e. The van der Waals surface area contributed by atoms with Crippen molar-refractivity contribution in [3.63, 3.8) is 0 Å². The topological polar surface area (TPSA) is 41.6 Å². The Morgan fingerprint density at radius 1 is 1.24 bits per heavy atom. The lowest BCUT2D eigenvalue weighted by Crippen LogP contribution is -2.53. The zero-order valence-electron chi connectivity index (χ0n) is 12.4. The molecule has 0 unspecified atom stereocenters. The highest BCUT2D eigenvalue weighted by molar-refractivity contribution is 5.98. The Morgan fingerprint density at radius 3 is 2.71 bits per heavy atom. The summed E-state index contributed by atoms with van der Waals surface area (Å²) in [5.74, 6) is 1.11. The third-order valence-electron chi connectivity index (χ3n) is 4.66. The van der Waals surface area contributed by atoms with Crippen LogP contribution in [0, 0.1) is 5.41 Å². The Labute approximate surface area is 132 Å². The van der Waals surface area contributed by atoms with Gasteiger partial charge in [-0.15, -0.1) is 12.4 Å². The summed E-state index contributed by atoms with van der Waals surface area (Å²) in [6.45, 7) is 2.73. The number of piperidine rings is 2. The van der Waals surface area contributed by atoms with Crippen molar-refractivity contribution in [1.82, 2.24) is 5.32 Å². The number of anilines is 1. The van der Waals surface area contributed by atoms with Gasteiger partial charge >= 0.3 is 0 Å². The maximum absolute atomic E-state index is 13.0. The zero-order chi connectivity index (χ0) is 14.0. The van der Waals surface area contributed by atoms with E-state index in [4.69, 9.17) is 4.74 Å². The number of amides is 1. The van der Waals surface area contributed by atoms with Crippen LogP contribution in [-0.2, 0) is 4.79 Å². The maximum atomic E-state index is 13.0. The molecule has 5 heteroatoms. The Hall–Kier alpha value is -1.26. The third-order valence-corrected chi connectivity index (χ3v) is 4.66.